The van der Waals surface area contributed by atoms with Crippen molar-refractivity contribution < 1.29 is 0 Å². The molecule has 1 unspecified atom stereocenters. The van der Waals surface area contributed by atoms with E-state index in [0.29, 0.717) is 6.04 Å². The maximum atomic E-state index is 4.48. The minimum Gasteiger partial charge on any atom is -0.308 e. The molecule has 1 heterocycles. The molecule has 0 aliphatic carbocycles. The maximum Gasteiger partial charge on any atom is 0.0597 e. The van der Waals surface area contributed by atoms with Crippen molar-refractivity contribution in [2.75, 3.05) is 6.54 Å². The normalized spacial score (nSPS) is 12.6. The first-order valence-corrected chi connectivity index (χ1v) is 7.39. The lowest BCUT2D eigenvalue weighted by Gasteiger charge is -2.19. The quantitative estimate of drug-likeness (QED) is 0.873. The smallest absolute Gasteiger partial charge is 0.0597 e. The number of aryl methyl sites for hydroxylation is 3. The summed E-state index contributed by atoms with van der Waals surface area (Å²) in [6, 6.07) is 11.3. The highest BCUT2D eigenvalue weighted by atomic mass is 15.3. The molecule has 1 aromatic heterocycles. The Morgan fingerprint density at radius 2 is 2.05 bits per heavy atom. The van der Waals surface area contributed by atoms with Crippen LogP contribution >= 0.6 is 0 Å². The molecule has 0 aliphatic rings. The lowest BCUT2D eigenvalue weighted by Crippen LogP contribution is -2.26. The molecule has 2 rings (SSSR count). The van der Waals surface area contributed by atoms with Crippen LogP contribution in [0.4, 0.5) is 0 Å². The summed E-state index contributed by atoms with van der Waals surface area (Å²) in [6.07, 6.45) is 2.14. The average Bonchev–Trinajstić information content (AvgIpc) is 2.73. The van der Waals surface area contributed by atoms with E-state index in [9.17, 15) is 0 Å². The summed E-state index contributed by atoms with van der Waals surface area (Å²) in [5, 5.41) is 8.12. The molecule has 3 heteroatoms. The summed E-state index contributed by atoms with van der Waals surface area (Å²) in [5.74, 6) is 0. The summed E-state index contributed by atoms with van der Waals surface area (Å²) in [4.78, 5) is 0. The second kappa shape index (κ2) is 6.71. The minimum atomic E-state index is 0.322. The third kappa shape index (κ3) is 3.70. The number of aromatic nitrogens is 2. The van der Waals surface area contributed by atoms with Crippen molar-refractivity contribution in [2.24, 2.45) is 7.05 Å². The molecule has 0 spiro atoms. The molecule has 3 nitrogen and oxygen atoms in total. The zero-order valence-electron chi connectivity index (χ0n) is 13.0. The van der Waals surface area contributed by atoms with Crippen LogP contribution in [-0.2, 0) is 13.5 Å². The van der Waals surface area contributed by atoms with E-state index in [1.807, 2.05) is 18.7 Å². The lowest BCUT2D eigenvalue weighted by molar-refractivity contribution is 0.493. The molecular weight excluding hydrogens is 246 g/mol. The molecule has 0 saturated carbocycles. The highest BCUT2D eigenvalue weighted by Gasteiger charge is 2.16. The fraction of sp³-hybridized carbons (Fsp3) is 0.471. The Bertz CT molecular complexity index is 557. The third-order valence-corrected chi connectivity index (χ3v) is 3.56. The summed E-state index contributed by atoms with van der Waals surface area (Å²) >= 11 is 0. The molecule has 1 atom stereocenters. The standard InChI is InChI=1S/C17H25N3/c1-5-9-18-16(17-11-14(3)19-20(17)4)12-15-8-6-7-13(2)10-15/h6-8,10-11,16,18H,5,9,12H2,1-4H3. The number of hydrogen-bond acceptors (Lipinski definition) is 2. The van der Waals surface area contributed by atoms with Crippen molar-refractivity contribution >= 4 is 0 Å². The highest BCUT2D eigenvalue weighted by Crippen LogP contribution is 2.19. The molecule has 0 saturated heterocycles. The van der Waals surface area contributed by atoms with Crippen molar-refractivity contribution in [3.05, 3.63) is 52.8 Å². The topological polar surface area (TPSA) is 29.9 Å². The summed E-state index contributed by atoms with van der Waals surface area (Å²) in [7, 11) is 2.03. The molecule has 0 radical (unpaired) electrons. The Labute approximate surface area is 122 Å². The van der Waals surface area contributed by atoms with Crippen LogP contribution in [0.3, 0.4) is 0 Å². The van der Waals surface area contributed by atoms with Gasteiger partial charge < -0.3 is 5.32 Å². The van der Waals surface area contributed by atoms with Gasteiger partial charge >= 0.3 is 0 Å². The van der Waals surface area contributed by atoms with Crippen LogP contribution in [0.2, 0.25) is 0 Å². The van der Waals surface area contributed by atoms with Crippen molar-refractivity contribution in [3.63, 3.8) is 0 Å². The van der Waals surface area contributed by atoms with Gasteiger partial charge in [0.15, 0.2) is 0 Å². The second-order valence-corrected chi connectivity index (χ2v) is 5.53. The maximum absolute atomic E-state index is 4.48. The van der Waals surface area contributed by atoms with Crippen LogP contribution in [0, 0.1) is 13.8 Å². The van der Waals surface area contributed by atoms with Gasteiger partial charge in [0.2, 0.25) is 0 Å². The number of nitrogens with zero attached hydrogens (tertiary/aromatic N) is 2. The van der Waals surface area contributed by atoms with E-state index in [1.165, 1.54) is 16.8 Å². The zero-order valence-corrected chi connectivity index (χ0v) is 13.0. The van der Waals surface area contributed by atoms with Gasteiger partial charge in [-0.1, -0.05) is 36.8 Å². The molecule has 1 N–H and O–H groups in total. The molecule has 2 aromatic rings. The second-order valence-electron chi connectivity index (χ2n) is 5.53. The Hall–Kier alpha value is -1.61. The number of nitrogens with one attached hydrogen (secondary N) is 1. The molecule has 0 aliphatic heterocycles. The molecule has 1 aromatic carbocycles. The van der Waals surface area contributed by atoms with E-state index < -0.39 is 0 Å². The Balaban J connectivity index is 2.21. The Kier molecular flexibility index (Phi) is 4.96. The molecular formula is C17H25N3. The van der Waals surface area contributed by atoms with E-state index in [1.54, 1.807) is 0 Å². The highest BCUT2D eigenvalue weighted by molar-refractivity contribution is 5.25. The van der Waals surface area contributed by atoms with Gasteiger partial charge in [-0.05, 0) is 44.9 Å². The first-order chi connectivity index (χ1) is 9.60. The van der Waals surface area contributed by atoms with E-state index in [4.69, 9.17) is 0 Å². The van der Waals surface area contributed by atoms with Gasteiger partial charge in [0.05, 0.1) is 17.4 Å². The number of rotatable bonds is 6. The van der Waals surface area contributed by atoms with Crippen molar-refractivity contribution in [2.45, 2.75) is 39.7 Å². The van der Waals surface area contributed by atoms with Crippen LogP contribution in [0.25, 0.3) is 0 Å². The van der Waals surface area contributed by atoms with Crippen LogP contribution in [0.5, 0.6) is 0 Å². The molecule has 0 amide bonds. The molecule has 0 bridgehead atoms. The third-order valence-electron chi connectivity index (χ3n) is 3.56. The SMILES string of the molecule is CCCNC(Cc1cccc(C)c1)c1cc(C)nn1C. The fourth-order valence-corrected chi connectivity index (χ4v) is 2.63. The molecule has 0 fully saturated rings. The van der Waals surface area contributed by atoms with Gasteiger partial charge in [-0.2, -0.15) is 5.10 Å². The molecule has 108 valence electrons. The van der Waals surface area contributed by atoms with E-state index in [-0.39, 0.29) is 0 Å². The van der Waals surface area contributed by atoms with Gasteiger partial charge in [0, 0.05) is 7.05 Å². The monoisotopic (exact) mass is 271 g/mol. The minimum absolute atomic E-state index is 0.322. The Morgan fingerprint density at radius 3 is 2.65 bits per heavy atom. The fourth-order valence-electron chi connectivity index (χ4n) is 2.63. The summed E-state index contributed by atoms with van der Waals surface area (Å²) in [5.41, 5.74) is 5.03. The lowest BCUT2D eigenvalue weighted by atomic mass is 10.0. The average molecular weight is 271 g/mol. The van der Waals surface area contributed by atoms with E-state index >= 15 is 0 Å². The summed E-state index contributed by atoms with van der Waals surface area (Å²) in [6.45, 7) is 7.42. The van der Waals surface area contributed by atoms with E-state index in [0.717, 1.165) is 25.1 Å². The molecule has 20 heavy (non-hydrogen) atoms. The van der Waals surface area contributed by atoms with Crippen LogP contribution < -0.4 is 5.32 Å². The van der Waals surface area contributed by atoms with E-state index in [2.05, 4.69) is 54.6 Å². The van der Waals surface area contributed by atoms with Gasteiger partial charge in [0.1, 0.15) is 0 Å². The first-order valence-electron chi connectivity index (χ1n) is 7.39. The van der Waals surface area contributed by atoms with Gasteiger partial charge in [-0.15, -0.1) is 0 Å². The van der Waals surface area contributed by atoms with Crippen molar-refractivity contribution in [1.82, 2.24) is 15.1 Å². The van der Waals surface area contributed by atoms with Crippen LogP contribution in [0.15, 0.2) is 30.3 Å². The zero-order chi connectivity index (χ0) is 14.5. The van der Waals surface area contributed by atoms with Crippen molar-refractivity contribution in [3.8, 4) is 0 Å². The predicted molar refractivity (Wildman–Crippen MR) is 83.9 cm³/mol. The largest absolute Gasteiger partial charge is 0.308 e. The number of hydrogen-bond donors (Lipinski definition) is 1. The number of benzene rings is 1. The van der Waals surface area contributed by atoms with Gasteiger partial charge in [-0.3, -0.25) is 4.68 Å². The first kappa shape index (κ1) is 14.8. The Morgan fingerprint density at radius 1 is 1.25 bits per heavy atom. The van der Waals surface area contributed by atoms with Gasteiger partial charge in [-0.25, -0.2) is 0 Å². The van der Waals surface area contributed by atoms with Crippen LogP contribution in [-0.4, -0.2) is 16.3 Å². The van der Waals surface area contributed by atoms with Gasteiger partial charge in [0.25, 0.3) is 0 Å². The predicted octanol–water partition coefficient (Wildman–Crippen LogP) is 3.32. The van der Waals surface area contributed by atoms with Crippen LogP contribution in [0.1, 0.15) is 41.9 Å². The summed E-state index contributed by atoms with van der Waals surface area (Å²) < 4.78 is 2.00. The van der Waals surface area contributed by atoms with Crippen molar-refractivity contribution in [1.29, 1.82) is 0 Å².